The van der Waals surface area contributed by atoms with Crippen molar-refractivity contribution in [3.8, 4) is 5.75 Å². The number of nitrogens with one attached hydrogen (secondary N) is 2. The van der Waals surface area contributed by atoms with Crippen LogP contribution in [-0.2, 0) is 4.79 Å². The monoisotopic (exact) mass is 334 g/mol. The highest BCUT2D eigenvalue weighted by atomic mass is 32.1. The number of thiophene rings is 1. The minimum atomic E-state index is -1.20. The number of carbonyl (C=O) groups is 2. The van der Waals surface area contributed by atoms with Gasteiger partial charge in [0.05, 0.1) is 5.00 Å². The van der Waals surface area contributed by atoms with E-state index in [4.69, 9.17) is 0 Å². The Balaban J connectivity index is 2.19. The summed E-state index contributed by atoms with van der Waals surface area (Å²) in [6.45, 7) is 5.27. The normalized spacial score (nSPS) is 11.8. The lowest BCUT2D eigenvalue weighted by atomic mass is 10.0. The van der Waals surface area contributed by atoms with Crippen LogP contribution in [0.25, 0.3) is 0 Å². The fraction of sp³-hybridized carbons (Fsp3) is 0.250. The van der Waals surface area contributed by atoms with E-state index >= 15 is 0 Å². The summed E-state index contributed by atoms with van der Waals surface area (Å²) in [7, 11) is 0. The summed E-state index contributed by atoms with van der Waals surface area (Å²) >= 11 is 1.40. The molecule has 1 unspecified atom stereocenters. The molecule has 0 bridgehead atoms. The molecule has 0 aliphatic carbocycles. The first-order valence-electron chi connectivity index (χ1n) is 6.95. The van der Waals surface area contributed by atoms with Crippen LogP contribution in [0.2, 0.25) is 0 Å². The zero-order chi connectivity index (χ0) is 17.1. The lowest BCUT2D eigenvalue weighted by molar-refractivity contribution is -0.139. The highest BCUT2D eigenvalue weighted by Crippen LogP contribution is 2.27. The van der Waals surface area contributed by atoms with Crippen LogP contribution >= 0.6 is 11.3 Å². The zero-order valence-electron chi connectivity index (χ0n) is 13.0. The minimum absolute atomic E-state index is 0.122. The van der Waals surface area contributed by atoms with Gasteiger partial charge in [0, 0.05) is 4.88 Å². The number of hydrogen-bond donors (Lipinski definition) is 4. The fourth-order valence-electron chi connectivity index (χ4n) is 2.22. The molecule has 2 rings (SSSR count). The van der Waals surface area contributed by atoms with Gasteiger partial charge in [-0.05, 0) is 61.7 Å². The molecule has 1 aromatic carbocycles. The molecule has 6 nitrogen and oxygen atoms in total. The number of hydrogen-bond acceptors (Lipinski definition) is 4. The predicted molar refractivity (Wildman–Crippen MR) is 89.2 cm³/mol. The van der Waals surface area contributed by atoms with Gasteiger partial charge < -0.3 is 15.5 Å². The summed E-state index contributed by atoms with van der Waals surface area (Å²) in [6.07, 6.45) is 0. The van der Waals surface area contributed by atoms with Crippen molar-refractivity contribution in [1.82, 2.24) is 5.32 Å². The van der Waals surface area contributed by atoms with Crippen molar-refractivity contribution in [1.29, 1.82) is 0 Å². The third kappa shape index (κ3) is 4.01. The van der Waals surface area contributed by atoms with Crippen LogP contribution in [0, 0.1) is 20.8 Å². The number of aryl methyl sites for hydroxylation is 3. The van der Waals surface area contributed by atoms with Gasteiger partial charge in [0.1, 0.15) is 5.75 Å². The first kappa shape index (κ1) is 16.8. The quantitative estimate of drug-likeness (QED) is 0.689. The first-order chi connectivity index (χ1) is 10.8. The second-order valence-corrected chi connectivity index (χ2v) is 6.57. The van der Waals surface area contributed by atoms with Gasteiger partial charge in [-0.25, -0.2) is 9.59 Å². The number of carboxylic acid groups (broad SMARTS) is 1. The molecule has 122 valence electrons. The second-order valence-electron chi connectivity index (χ2n) is 5.28. The van der Waals surface area contributed by atoms with Crippen molar-refractivity contribution in [2.24, 2.45) is 0 Å². The van der Waals surface area contributed by atoms with E-state index < -0.39 is 18.0 Å². The molecule has 1 aromatic heterocycles. The maximum Gasteiger partial charge on any atom is 0.330 e. The maximum atomic E-state index is 12.0. The number of amides is 2. The van der Waals surface area contributed by atoms with Crippen LogP contribution in [-0.4, -0.2) is 22.2 Å². The van der Waals surface area contributed by atoms with Gasteiger partial charge in [-0.2, -0.15) is 0 Å². The minimum Gasteiger partial charge on any atom is -0.507 e. The first-order valence-corrected chi connectivity index (χ1v) is 7.76. The number of carbonyl (C=O) groups excluding carboxylic acids is 1. The molecule has 23 heavy (non-hydrogen) atoms. The molecular weight excluding hydrogens is 316 g/mol. The lowest BCUT2D eigenvalue weighted by Crippen LogP contribution is -2.36. The highest BCUT2D eigenvalue weighted by Gasteiger charge is 2.23. The summed E-state index contributed by atoms with van der Waals surface area (Å²) in [5.74, 6) is -1.05. The van der Waals surface area contributed by atoms with Gasteiger partial charge in [0.15, 0.2) is 6.04 Å². The summed E-state index contributed by atoms with van der Waals surface area (Å²) in [4.78, 5) is 24.6. The van der Waals surface area contributed by atoms with Gasteiger partial charge in [0.25, 0.3) is 0 Å². The molecule has 1 heterocycles. The van der Waals surface area contributed by atoms with Crippen LogP contribution in [0.4, 0.5) is 9.80 Å². The molecule has 0 saturated carbocycles. The maximum absolute atomic E-state index is 12.0. The van der Waals surface area contributed by atoms with Gasteiger partial charge in [0.2, 0.25) is 0 Å². The number of carboxylic acids is 1. The number of anilines is 1. The van der Waals surface area contributed by atoms with Gasteiger partial charge >= 0.3 is 12.0 Å². The van der Waals surface area contributed by atoms with E-state index in [1.165, 1.54) is 11.3 Å². The van der Waals surface area contributed by atoms with Crippen molar-refractivity contribution in [2.45, 2.75) is 26.8 Å². The molecule has 0 spiro atoms. The Hall–Kier alpha value is -2.54. The van der Waals surface area contributed by atoms with E-state index in [9.17, 15) is 19.8 Å². The van der Waals surface area contributed by atoms with Crippen molar-refractivity contribution in [3.05, 3.63) is 45.8 Å². The van der Waals surface area contributed by atoms with E-state index in [2.05, 4.69) is 10.6 Å². The van der Waals surface area contributed by atoms with Crippen molar-refractivity contribution in [3.63, 3.8) is 0 Å². The number of phenols is 1. The van der Waals surface area contributed by atoms with Gasteiger partial charge in [-0.15, -0.1) is 11.3 Å². The molecule has 4 N–H and O–H groups in total. The van der Waals surface area contributed by atoms with E-state index in [1.807, 2.05) is 13.0 Å². The number of benzene rings is 1. The van der Waals surface area contributed by atoms with Crippen molar-refractivity contribution < 1.29 is 19.8 Å². The van der Waals surface area contributed by atoms with Crippen LogP contribution in [0.15, 0.2) is 24.3 Å². The Morgan fingerprint density at radius 3 is 2.22 bits per heavy atom. The Labute approximate surface area is 137 Å². The Bertz CT molecular complexity index is 731. The molecule has 0 aliphatic heterocycles. The number of phenolic OH excluding ortho intramolecular Hbond substituents is 1. The van der Waals surface area contributed by atoms with Crippen LogP contribution < -0.4 is 10.6 Å². The Morgan fingerprint density at radius 1 is 1.13 bits per heavy atom. The highest BCUT2D eigenvalue weighted by molar-refractivity contribution is 7.16. The van der Waals surface area contributed by atoms with Crippen molar-refractivity contribution in [2.75, 3.05) is 5.32 Å². The fourth-order valence-corrected chi connectivity index (χ4v) is 2.99. The molecule has 1 atom stereocenters. The van der Waals surface area contributed by atoms with Crippen LogP contribution in [0.3, 0.4) is 0 Å². The van der Waals surface area contributed by atoms with E-state index in [-0.39, 0.29) is 5.75 Å². The summed E-state index contributed by atoms with van der Waals surface area (Å²) < 4.78 is 0. The largest absolute Gasteiger partial charge is 0.507 e. The zero-order valence-corrected chi connectivity index (χ0v) is 13.8. The summed E-state index contributed by atoms with van der Waals surface area (Å²) in [5.41, 5.74) is 1.52. The van der Waals surface area contributed by atoms with E-state index in [1.54, 1.807) is 32.0 Å². The smallest absolute Gasteiger partial charge is 0.330 e. The predicted octanol–water partition coefficient (Wildman–Crippen LogP) is 3.33. The molecular formula is C16H18N2O4S. The second kappa shape index (κ2) is 6.70. The molecule has 0 radical (unpaired) electrons. The van der Waals surface area contributed by atoms with Crippen molar-refractivity contribution >= 4 is 28.3 Å². The molecule has 2 amide bonds. The molecule has 0 fully saturated rings. The van der Waals surface area contributed by atoms with Gasteiger partial charge in [-0.3, -0.25) is 5.32 Å². The van der Waals surface area contributed by atoms with E-state index in [0.717, 1.165) is 4.88 Å². The summed E-state index contributed by atoms with van der Waals surface area (Å²) in [6, 6.07) is 4.93. The van der Waals surface area contributed by atoms with Gasteiger partial charge in [-0.1, -0.05) is 0 Å². The third-order valence-corrected chi connectivity index (χ3v) is 4.26. The standard InChI is InChI=1S/C16H18N2O4S/c1-8-6-11(7-9(2)14(8)19)13(15(20)21)18-16(22)17-12-5-4-10(3)23-12/h4-7,13,19H,1-3H3,(H,20,21)(H2,17,18,22). The number of rotatable bonds is 4. The molecule has 2 aromatic rings. The molecule has 0 aliphatic rings. The number of aromatic hydroxyl groups is 1. The number of aliphatic carboxylic acids is 1. The summed E-state index contributed by atoms with van der Waals surface area (Å²) in [5, 5.41) is 24.9. The van der Waals surface area contributed by atoms with E-state index in [0.29, 0.717) is 21.7 Å². The number of urea groups is 1. The van der Waals surface area contributed by atoms with Crippen LogP contribution in [0.1, 0.15) is 27.6 Å². The average molecular weight is 334 g/mol. The Kier molecular flexibility index (Phi) is 4.90. The average Bonchev–Trinajstić information content (AvgIpc) is 2.86. The Morgan fingerprint density at radius 2 is 1.74 bits per heavy atom. The SMILES string of the molecule is Cc1ccc(NC(=O)NC(C(=O)O)c2cc(C)c(O)c(C)c2)s1. The topological polar surface area (TPSA) is 98.7 Å². The molecule has 0 saturated heterocycles. The third-order valence-electron chi connectivity index (χ3n) is 3.35. The van der Waals surface area contributed by atoms with Crippen LogP contribution in [0.5, 0.6) is 5.75 Å². The lowest BCUT2D eigenvalue weighted by Gasteiger charge is -2.17. The molecule has 7 heteroatoms.